The fourth-order valence-corrected chi connectivity index (χ4v) is 7.69. The Balaban J connectivity index is 1.60. The van der Waals surface area contributed by atoms with Crippen molar-refractivity contribution in [2.24, 2.45) is 17.3 Å². The van der Waals surface area contributed by atoms with Crippen LogP contribution in [-0.2, 0) is 19.9 Å². The molecule has 4 atom stereocenters. The summed E-state index contributed by atoms with van der Waals surface area (Å²) in [6, 6.07) is 7.30. The van der Waals surface area contributed by atoms with Gasteiger partial charge in [0.25, 0.3) is 5.91 Å². The maximum absolute atomic E-state index is 14.1. The van der Waals surface area contributed by atoms with E-state index in [-0.39, 0.29) is 20.8 Å². The van der Waals surface area contributed by atoms with Crippen molar-refractivity contribution in [1.29, 1.82) is 0 Å². The van der Waals surface area contributed by atoms with Crippen LogP contribution in [0, 0.1) is 17.3 Å². The monoisotopic (exact) mass is 561 g/mol. The zero-order valence-electron chi connectivity index (χ0n) is 18.7. The first-order valence-corrected chi connectivity index (χ1v) is 12.8. The Morgan fingerprint density at radius 2 is 1.56 bits per heavy atom. The van der Waals surface area contributed by atoms with Gasteiger partial charge in [-0.15, -0.1) is 13.2 Å². The van der Waals surface area contributed by atoms with Crippen molar-refractivity contribution in [1.82, 2.24) is 4.90 Å². The van der Waals surface area contributed by atoms with E-state index in [1.807, 2.05) is 4.90 Å². The van der Waals surface area contributed by atoms with Crippen molar-refractivity contribution >= 4 is 75.5 Å². The van der Waals surface area contributed by atoms with E-state index < -0.39 is 46.6 Å². The first kappa shape index (κ1) is 24.0. The Bertz CT molecular complexity index is 1400. The van der Waals surface area contributed by atoms with Crippen molar-refractivity contribution in [3.8, 4) is 0 Å². The average Bonchev–Trinajstić information content (AvgIpc) is 3.48. The SMILES string of the molecule is C=CC1(C=C)CC2C3C(=O)N(c4cc(Cl)cc(Cl)c4)C(=O)C3C3(C(=O)Nc4c(Cl)cc(Cl)cc43)N2C1. The minimum absolute atomic E-state index is 0.260. The Kier molecular flexibility index (Phi) is 5.22. The topological polar surface area (TPSA) is 69.7 Å². The highest BCUT2D eigenvalue weighted by Crippen LogP contribution is 2.64. The van der Waals surface area contributed by atoms with Gasteiger partial charge in [0.05, 0.1) is 28.2 Å². The number of anilines is 2. The third-order valence-corrected chi connectivity index (χ3v) is 9.04. The van der Waals surface area contributed by atoms with Gasteiger partial charge >= 0.3 is 0 Å². The normalized spacial score (nSPS) is 29.9. The number of fused-ring (bicyclic) bond motifs is 7. The molecule has 0 saturated carbocycles. The van der Waals surface area contributed by atoms with Crippen LogP contribution < -0.4 is 10.2 Å². The molecule has 1 spiro atoms. The minimum Gasteiger partial charge on any atom is -0.323 e. The first-order valence-electron chi connectivity index (χ1n) is 11.3. The highest BCUT2D eigenvalue weighted by atomic mass is 35.5. The molecule has 1 N–H and O–H groups in total. The van der Waals surface area contributed by atoms with E-state index in [1.54, 1.807) is 18.2 Å². The number of hydrogen-bond donors (Lipinski definition) is 1. The molecule has 184 valence electrons. The van der Waals surface area contributed by atoms with Crippen LogP contribution >= 0.6 is 46.4 Å². The number of halogens is 4. The van der Waals surface area contributed by atoms with E-state index in [2.05, 4.69) is 18.5 Å². The summed E-state index contributed by atoms with van der Waals surface area (Å²) in [6.45, 7) is 8.34. The summed E-state index contributed by atoms with van der Waals surface area (Å²) in [5.74, 6) is -3.13. The van der Waals surface area contributed by atoms with Crippen LogP contribution in [0.3, 0.4) is 0 Å². The predicted octanol–water partition coefficient (Wildman–Crippen LogP) is 5.70. The van der Waals surface area contributed by atoms with E-state index in [1.165, 1.54) is 24.3 Å². The number of nitrogens with one attached hydrogen (secondary N) is 1. The molecule has 0 radical (unpaired) electrons. The van der Waals surface area contributed by atoms with Crippen LogP contribution in [0.4, 0.5) is 11.4 Å². The van der Waals surface area contributed by atoms with Gasteiger partial charge in [0, 0.05) is 38.6 Å². The lowest BCUT2D eigenvalue weighted by atomic mass is 9.73. The molecule has 0 aromatic heterocycles. The summed E-state index contributed by atoms with van der Waals surface area (Å²) in [5.41, 5.74) is -0.901. The van der Waals surface area contributed by atoms with Crippen molar-refractivity contribution < 1.29 is 14.4 Å². The van der Waals surface area contributed by atoms with E-state index in [0.29, 0.717) is 29.2 Å². The molecule has 2 aromatic rings. The highest BCUT2D eigenvalue weighted by molar-refractivity contribution is 6.38. The molecule has 4 unspecified atom stereocenters. The lowest BCUT2D eigenvalue weighted by molar-refractivity contribution is -0.135. The number of nitrogens with zero attached hydrogens (tertiary/aromatic N) is 2. The smallest absolute Gasteiger partial charge is 0.250 e. The summed E-state index contributed by atoms with van der Waals surface area (Å²) in [4.78, 5) is 45.2. The number of carbonyl (C=O) groups excluding carboxylic acids is 3. The standard InChI is InChI=1S/C26H19Cl4N3O3/c1-3-25(4-2)10-18-19-20(23(35)33(22(19)34)15-6-12(27)5-13(28)7-15)26(32(18)11-25)16-8-14(29)9-17(30)21(16)31-24(26)36/h3-9,18-20H,1-2,10-11H2,(H,31,36). The number of benzene rings is 2. The number of imide groups is 1. The van der Waals surface area contributed by atoms with Crippen molar-refractivity contribution in [2.45, 2.75) is 18.0 Å². The summed E-state index contributed by atoms with van der Waals surface area (Å²) < 4.78 is 0. The van der Waals surface area contributed by atoms with Gasteiger partial charge in [-0.2, -0.15) is 0 Å². The van der Waals surface area contributed by atoms with Gasteiger partial charge < -0.3 is 5.32 Å². The maximum atomic E-state index is 14.1. The van der Waals surface area contributed by atoms with Gasteiger partial charge in [0.15, 0.2) is 0 Å². The molecule has 0 aliphatic carbocycles. The molecule has 3 saturated heterocycles. The molecular formula is C26H19Cl4N3O3. The molecule has 6 rings (SSSR count). The summed E-state index contributed by atoms with van der Waals surface area (Å²) in [5, 5.41) is 4.03. The number of carbonyl (C=O) groups is 3. The second-order valence-electron chi connectivity index (χ2n) is 9.71. The highest BCUT2D eigenvalue weighted by Gasteiger charge is 2.76. The molecular weight excluding hydrogens is 544 g/mol. The van der Waals surface area contributed by atoms with Crippen molar-refractivity contribution in [3.05, 3.63) is 81.3 Å². The van der Waals surface area contributed by atoms with E-state index in [9.17, 15) is 14.4 Å². The first-order chi connectivity index (χ1) is 17.1. The molecule has 3 amide bonds. The third kappa shape index (κ3) is 2.88. The third-order valence-electron chi connectivity index (χ3n) is 8.09. The fourth-order valence-electron chi connectivity index (χ4n) is 6.63. The van der Waals surface area contributed by atoms with Crippen LogP contribution in [0.25, 0.3) is 0 Å². The van der Waals surface area contributed by atoms with Crippen LogP contribution in [0.5, 0.6) is 0 Å². The van der Waals surface area contributed by atoms with Crippen molar-refractivity contribution in [2.75, 3.05) is 16.8 Å². The maximum Gasteiger partial charge on any atom is 0.250 e. The van der Waals surface area contributed by atoms with Crippen LogP contribution in [0.1, 0.15) is 12.0 Å². The molecule has 6 nitrogen and oxygen atoms in total. The van der Waals surface area contributed by atoms with Gasteiger partial charge in [0.2, 0.25) is 11.8 Å². The molecule has 4 heterocycles. The summed E-state index contributed by atoms with van der Waals surface area (Å²) >= 11 is 25.3. The zero-order valence-corrected chi connectivity index (χ0v) is 21.8. The van der Waals surface area contributed by atoms with Crippen LogP contribution in [0.2, 0.25) is 20.1 Å². The molecule has 4 aliphatic heterocycles. The number of hydrogen-bond acceptors (Lipinski definition) is 4. The lowest BCUT2D eigenvalue weighted by Gasteiger charge is -2.38. The Hall–Kier alpha value is -2.35. The minimum atomic E-state index is -1.49. The molecule has 0 bridgehead atoms. The predicted molar refractivity (Wildman–Crippen MR) is 141 cm³/mol. The largest absolute Gasteiger partial charge is 0.323 e. The van der Waals surface area contributed by atoms with E-state index >= 15 is 0 Å². The van der Waals surface area contributed by atoms with Gasteiger partial charge in [-0.1, -0.05) is 58.6 Å². The second kappa shape index (κ2) is 7.83. The average molecular weight is 563 g/mol. The van der Waals surface area contributed by atoms with Crippen LogP contribution in [-0.4, -0.2) is 35.2 Å². The Morgan fingerprint density at radius 1 is 0.917 bits per heavy atom. The second-order valence-corrected chi connectivity index (χ2v) is 11.4. The molecule has 4 aliphatic rings. The lowest BCUT2D eigenvalue weighted by Crippen LogP contribution is -2.54. The number of amides is 3. The van der Waals surface area contributed by atoms with Gasteiger partial charge in [-0.3, -0.25) is 19.3 Å². The molecule has 36 heavy (non-hydrogen) atoms. The summed E-state index contributed by atoms with van der Waals surface area (Å²) in [7, 11) is 0. The quantitative estimate of drug-likeness (QED) is 0.385. The van der Waals surface area contributed by atoms with Gasteiger partial charge in [-0.05, 0) is 36.8 Å². The molecule has 10 heteroatoms. The Morgan fingerprint density at radius 3 is 2.19 bits per heavy atom. The van der Waals surface area contributed by atoms with E-state index in [0.717, 1.165) is 4.90 Å². The summed E-state index contributed by atoms with van der Waals surface area (Å²) in [6.07, 6.45) is 4.05. The van der Waals surface area contributed by atoms with Crippen molar-refractivity contribution in [3.63, 3.8) is 0 Å². The number of rotatable bonds is 3. The van der Waals surface area contributed by atoms with Gasteiger partial charge in [0.1, 0.15) is 5.54 Å². The van der Waals surface area contributed by atoms with Crippen LogP contribution in [0.15, 0.2) is 55.6 Å². The molecule has 2 aromatic carbocycles. The van der Waals surface area contributed by atoms with Gasteiger partial charge in [-0.25, -0.2) is 4.90 Å². The zero-order chi connectivity index (χ0) is 25.7. The van der Waals surface area contributed by atoms with E-state index in [4.69, 9.17) is 46.4 Å². The molecule has 3 fully saturated rings. The fraction of sp³-hybridized carbons (Fsp3) is 0.269. The Labute approximate surface area is 227 Å².